The van der Waals surface area contributed by atoms with E-state index >= 15 is 0 Å². The molecule has 1 aromatic rings. The van der Waals surface area contributed by atoms with Gasteiger partial charge in [-0.25, -0.2) is 0 Å². The Morgan fingerprint density at radius 2 is 2.00 bits per heavy atom. The lowest BCUT2D eigenvalue weighted by Crippen LogP contribution is -2.52. The van der Waals surface area contributed by atoms with E-state index in [2.05, 4.69) is 41.8 Å². The van der Waals surface area contributed by atoms with Crippen LogP contribution in [-0.4, -0.2) is 29.3 Å². The molecule has 3 heteroatoms. The van der Waals surface area contributed by atoms with Crippen molar-refractivity contribution in [1.29, 1.82) is 0 Å². The van der Waals surface area contributed by atoms with Gasteiger partial charge >= 0.3 is 0 Å². The molecule has 1 aliphatic heterocycles. The zero-order chi connectivity index (χ0) is 14.7. The second kappa shape index (κ2) is 6.37. The van der Waals surface area contributed by atoms with Gasteiger partial charge in [-0.15, -0.1) is 0 Å². The summed E-state index contributed by atoms with van der Waals surface area (Å²) >= 11 is 0. The average molecular weight is 288 g/mol. The van der Waals surface area contributed by atoms with Crippen molar-refractivity contribution in [2.45, 2.75) is 69.6 Å². The van der Waals surface area contributed by atoms with Gasteiger partial charge in [0.25, 0.3) is 0 Å². The summed E-state index contributed by atoms with van der Waals surface area (Å²) in [5.41, 5.74) is 2.07. The molecule has 3 N–H and O–H groups in total. The van der Waals surface area contributed by atoms with Crippen molar-refractivity contribution >= 4 is 5.69 Å². The highest BCUT2D eigenvalue weighted by Gasteiger charge is 2.41. The van der Waals surface area contributed by atoms with Gasteiger partial charge in [0.05, 0.1) is 11.6 Å². The fourth-order valence-corrected chi connectivity index (χ4v) is 3.86. The number of aliphatic hydroxyl groups is 1. The van der Waals surface area contributed by atoms with Crippen molar-refractivity contribution in [3.63, 3.8) is 0 Å². The highest BCUT2D eigenvalue weighted by Crippen LogP contribution is 2.37. The van der Waals surface area contributed by atoms with E-state index in [0.717, 1.165) is 45.1 Å². The quantitative estimate of drug-likeness (QED) is 0.798. The summed E-state index contributed by atoms with van der Waals surface area (Å²) in [6.45, 7) is 3.30. The summed E-state index contributed by atoms with van der Waals surface area (Å²) in [6, 6.07) is 9.30. The van der Waals surface area contributed by atoms with E-state index in [4.69, 9.17) is 0 Å². The number of hydrogen-bond acceptors (Lipinski definition) is 3. The molecule has 1 fully saturated rings. The van der Waals surface area contributed by atoms with Gasteiger partial charge in [0, 0.05) is 11.7 Å². The molecule has 21 heavy (non-hydrogen) atoms. The smallest absolute Gasteiger partial charge is 0.0849 e. The van der Waals surface area contributed by atoms with Crippen LogP contribution in [0.1, 0.15) is 51.0 Å². The van der Waals surface area contributed by atoms with Crippen molar-refractivity contribution in [3.8, 4) is 0 Å². The van der Waals surface area contributed by atoms with Gasteiger partial charge in [0.2, 0.25) is 0 Å². The summed E-state index contributed by atoms with van der Waals surface area (Å²) in [5, 5.41) is 18.3. The third kappa shape index (κ3) is 3.24. The molecule has 1 atom stereocenters. The molecule has 3 rings (SSSR count). The Morgan fingerprint density at radius 1 is 1.24 bits per heavy atom. The van der Waals surface area contributed by atoms with E-state index in [9.17, 15) is 5.11 Å². The maximum atomic E-state index is 11.1. The predicted octanol–water partition coefficient (Wildman–Crippen LogP) is 3.09. The minimum absolute atomic E-state index is 0.208. The molecule has 0 bridgehead atoms. The molecule has 0 saturated heterocycles. The highest BCUT2D eigenvalue weighted by molar-refractivity contribution is 5.54. The Labute approximate surface area is 128 Å². The number of para-hydroxylation sites is 1. The minimum atomic E-state index is -0.530. The molecule has 3 nitrogen and oxygen atoms in total. The van der Waals surface area contributed by atoms with Gasteiger partial charge in [-0.1, -0.05) is 25.1 Å². The maximum absolute atomic E-state index is 11.1. The summed E-state index contributed by atoms with van der Waals surface area (Å²) < 4.78 is 0. The molecule has 0 aromatic heterocycles. The number of fused-ring (bicyclic) bond motifs is 1. The van der Waals surface area contributed by atoms with Crippen LogP contribution >= 0.6 is 0 Å². The van der Waals surface area contributed by atoms with Gasteiger partial charge < -0.3 is 15.7 Å². The maximum Gasteiger partial charge on any atom is 0.0849 e. The van der Waals surface area contributed by atoms with Crippen LogP contribution < -0.4 is 10.6 Å². The minimum Gasteiger partial charge on any atom is -0.388 e. The molecule has 0 radical (unpaired) electrons. The van der Waals surface area contributed by atoms with E-state index in [1.54, 1.807) is 0 Å². The van der Waals surface area contributed by atoms with Crippen LogP contribution in [-0.2, 0) is 6.42 Å². The second-order valence-corrected chi connectivity index (χ2v) is 6.72. The van der Waals surface area contributed by atoms with E-state index in [1.807, 2.05) is 0 Å². The predicted molar refractivity (Wildman–Crippen MR) is 87.7 cm³/mol. The van der Waals surface area contributed by atoms with Crippen LogP contribution in [0.2, 0.25) is 0 Å². The molecule has 1 heterocycles. The molecule has 0 spiro atoms. The van der Waals surface area contributed by atoms with Crippen molar-refractivity contribution in [2.75, 3.05) is 11.9 Å². The van der Waals surface area contributed by atoms with E-state index in [1.165, 1.54) is 17.7 Å². The highest BCUT2D eigenvalue weighted by atomic mass is 16.3. The first-order valence-electron chi connectivity index (χ1n) is 8.51. The van der Waals surface area contributed by atoms with Crippen LogP contribution in [0, 0.1) is 0 Å². The molecule has 1 saturated carbocycles. The van der Waals surface area contributed by atoms with Crippen LogP contribution in [0.3, 0.4) is 0 Å². The Balaban J connectivity index is 1.60. The first kappa shape index (κ1) is 14.9. The van der Waals surface area contributed by atoms with Crippen LogP contribution in [0.15, 0.2) is 24.3 Å². The van der Waals surface area contributed by atoms with Gasteiger partial charge in [-0.2, -0.15) is 0 Å². The number of nitrogens with one attached hydrogen (secondary N) is 2. The molecule has 116 valence electrons. The standard InChI is InChI=1S/C18H28N2O/c1-2-13-19-15-9-11-18(21,12-10-15)17-8-7-14-5-3-4-6-16(14)20-17/h3-6,15,17,19-21H,2,7-13H2,1H3. The average Bonchev–Trinajstić information content (AvgIpc) is 2.54. The summed E-state index contributed by atoms with van der Waals surface area (Å²) in [7, 11) is 0. The lowest BCUT2D eigenvalue weighted by atomic mass is 9.74. The number of aryl methyl sites for hydroxylation is 1. The number of benzene rings is 1. The van der Waals surface area contributed by atoms with Gasteiger partial charge in [0.1, 0.15) is 0 Å². The van der Waals surface area contributed by atoms with Gasteiger partial charge in [-0.05, 0) is 63.1 Å². The molecule has 2 aliphatic rings. The summed E-state index contributed by atoms with van der Waals surface area (Å²) in [5.74, 6) is 0. The molecule has 0 amide bonds. The number of anilines is 1. The Bertz CT molecular complexity index is 466. The molecule has 1 aromatic carbocycles. The molecular weight excluding hydrogens is 260 g/mol. The van der Waals surface area contributed by atoms with E-state index in [0.29, 0.717) is 6.04 Å². The van der Waals surface area contributed by atoms with E-state index in [-0.39, 0.29) is 6.04 Å². The lowest BCUT2D eigenvalue weighted by molar-refractivity contribution is -0.0228. The summed E-state index contributed by atoms with van der Waals surface area (Å²) in [4.78, 5) is 0. The largest absolute Gasteiger partial charge is 0.388 e. The van der Waals surface area contributed by atoms with Crippen LogP contribution in [0.25, 0.3) is 0 Å². The van der Waals surface area contributed by atoms with Crippen molar-refractivity contribution in [3.05, 3.63) is 29.8 Å². The van der Waals surface area contributed by atoms with Gasteiger partial charge in [0.15, 0.2) is 0 Å². The van der Waals surface area contributed by atoms with E-state index < -0.39 is 5.60 Å². The number of rotatable bonds is 4. The second-order valence-electron chi connectivity index (χ2n) is 6.72. The molecule has 1 aliphatic carbocycles. The van der Waals surface area contributed by atoms with Crippen molar-refractivity contribution in [2.24, 2.45) is 0 Å². The fourth-order valence-electron chi connectivity index (χ4n) is 3.86. The van der Waals surface area contributed by atoms with Crippen LogP contribution in [0.5, 0.6) is 0 Å². The first-order valence-corrected chi connectivity index (χ1v) is 8.51. The van der Waals surface area contributed by atoms with Gasteiger partial charge in [-0.3, -0.25) is 0 Å². The Hall–Kier alpha value is -1.06. The Kier molecular flexibility index (Phi) is 4.51. The summed E-state index contributed by atoms with van der Waals surface area (Å²) in [6.07, 6.45) is 7.31. The van der Waals surface area contributed by atoms with Crippen molar-refractivity contribution in [1.82, 2.24) is 5.32 Å². The Morgan fingerprint density at radius 3 is 2.76 bits per heavy atom. The third-order valence-electron chi connectivity index (χ3n) is 5.23. The molecule has 1 unspecified atom stereocenters. The first-order chi connectivity index (χ1) is 10.2. The zero-order valence-corrected chi connectivity index (χ0v) is 13.1. The number of hydrogen-bond donors (Lipinski definition) is 3. The monoisotopic (exact) mass is 288 g/mol. The van der Waals surface area contributed by atoms with Crippen LogP contribution in [0.4, 0.5) is 5.69 Å². The third-order valence-corrected chi connectivity index (χ3v) is 5.23. The fraction of sp³-hybridized carbons (Fsp3) is 0.667. The SMILES string of the molecule is CCCNC1CCC(O)(C2CCc3ccccc3N2)CC1. The zero-order valence-electron chi connectivity index (χ0n) is 13.1. The topological polar surface area (TPSA) is 44.3 Å². The normalized spacial score (nSPS) is 32.3. The lowest BCUT2D eigenvalue weighted by Gasteiger charge is -2.44. The molecular formula is C18H28N2O. The van der Waals surface area contributed by atoms with Crippen molar-refractivity contribution < 1.29 is 5.11 Å².